The lowest BCUT2D eigenvalue weighted by Gasteiger charge is -2.19. The van der Waals surface area contributed by atoms with Crippen molar-refractivity contribution in [3.63, 3.8) is 0 Å². The number of aromatic nitrogens is 3. The summed E-state index contributed by atoms with van der Waals surface area (Å²) in [5.41, 5.74) is 6.38. The van der Waals surface area contributed by atoms with Crippen molar-refractivity contribution in [1.29, 1.82) is 0 Å². The highest BCUT2D eigenvalue weighted by Crippen LogP contribution is 2.24. The van der Waals surface area contributed by atoms with Crippen LogP contribution in [0.2, 0.25) is 0 Å². The largest absolute Gasteiger partial charge is 0.330 e. The van der Waals surface area contributed by atoms with Crippen molar-refractivity contribution in [2.75, 3.05) is 6.54 Å². The molecule has 0 unspecified atom stereocenters. The number of fused-ring (bicyclic) bond motifs is 1. The zero-order chi connectivity index (χ0) is 11.8. The van der Waals surface area contributed by atoms with E-state index in [4.69, 9.17) is 5.73 Å². The summed E-state index contributed by atoms with van der Waals surface area (Å²) in [5, 5.41) is 4.47. The monoisotopic (exact) mass is 282 g/mol. The van der Waals surface area contributed by atoms with E-state index in [9.17, 15) is 0 Å². The summed E-state index contributed by atoms with van der Waals surface area (Å²) in [6, 6.07) is 3.90. The Balaban J connectivity index is 2.46. The standard InChI is InChI=1S/C11H15BrN4/c1-11(2,4-5-13)10-14-9-7-8(12)3-6-16(9)15-10/h3,6-7H,4-5,13H2,1-2H3. The molecule has 2 rings (SSSR count). The molecule has 0 spiro atoms. The SMILES string of the molecule is CC(C)(CCN)c1nc2cc(Br)ccn2n1. The first-order valence-electron chi connectivity index (χ1n) is 5.25. The fourth-order valence-corrected chi connectivity index (χ4v) is 1.94. The molecule has 0 atom stereocenters. The van der Waals surface area contributed by atoms with Gasteiger partial charge in [0.25, 0.3) is 0 Å². The molecule has 16 heavy (non-hydrogen) atoms. The van der Waals surface area contributed by atoms with E-state index in [0.29, 0.717) is 6.54 Å². The molecule has 2 heterocycles. The second kappa shape index (κ2) is 4.14. The van der Waals surface area contributed by atoms with Gasteiger partial charge in [0.05, 0.1) is 0 Å². The van der Waals surface area contributed by atoms with Gasteiger partial charge in [-0.15, -0.1) is 0 Å². The first-order chi connectivity index (χ1) is 7.53. The van der Waals surface area contributed by atoms with E-state index in [1.807, 2.05) is 18.3 Å². The molecule has 2 N–H and O–H groups in total. The summed E-state index contributed by atoms with van der Waals surface area (Å²) in [6.07, 6.45) is 2.78. The van der Waals surface area contributed by atoms with Crippen molar-refractivity contribution >= 4 is 21.6 Å². The lowest BCUT2D eigenvalue weighted by atomic mass is 9.89. The number of pyridine rings is 1. The van der Waals surface area contributed by atoms with Gasteiger partial charge in [-0.3, -0.25) is 0 Å². The van der Waals surface area contributed by atoms with E-state index in [1.165, 1.54) is 0 Å². The molecule has 2 aromatic rings. The molecule has 0 amide bonds. The van der Waals surface area contributed by atoms with Crippen LogP contribution >= 0.6 is 15.9 Å². The Hall–Kier alpha value is -0.940. The second-order valence-electron chi connectivity index (χ2n) is 4.51. The fraction of sp³-hybridized carbons (Fsp3) is 0.455. The van der Waals surface area contributed by atoms with E-state index in [2.05, 4.69) is 39.9 Å². The molecule has 0 aliphatic heterocycles. The summed E-state index contributed by atoms with van der Waals surface area (Å²) in [6.45, 7) is 4.87. The van der Waals surface area contributed by atoms with Crippen LogP contribution < -0.4 is 5.73 Å². The maximum absolute atomic E-state index is 5.60. The van der Waals surface area contributed by atoms with Crippen LogP contribution in [0.15, 0.2) is 22.8 Å². The van der Waals surface area contributed by atoms with Crippen LogP contribution in [-0.4, -0.2) is 21.1 Å². The van der Waals surface area contributed by atoms with Crippen molar-refractivity contribution in [2.24, 2.45) is 5.73 Å². The molecule has 0 fully saturated rings. The van der Waals surface area contributed by atoms with E-state index in [0.717, 1.165) is 22.4 Å². The summed E-state index contributed by atoms with van der Waals surface area (Å²) >= 11 is 3.42. The van der Waals surface area contributed by atoms with Crippen molar-refractivity contribution in [3.05, 3.63) is 28.6 Å². The van der Waals surface area contributed by atoms with Gasteiger partial charge in [-0.1, -0.05) is 29.8 Å². The Morgan fingerprint density at radius 1 is 1.50 bits per heavy atom. The summed E-state index contributed by atoms with van der Waals surface area (Å²) in [5.74, 6) is 0.844. The van der Waals surface area contributed by atoms with Gasteiger partial charge >= 0.3 is 0 Å². The molecule has 0 saturated carbocycles. The molecular formula is C11H15BrN4. The molecular weight excluding hydrogens is 268 g/mol. The molecule has 86 valence electrons. The van der Waals surface area contributed by atoms with Gasteiger partial charge in [0, 0.05) is 16.1 Å². The molecule has 2 aromatic heterocycles. The van der Waals surface area contributed by atoms with Gasteiger partial charge in [0.2, 0.25) is 0 Å². The number of halogens is 1. The fourth-order valence-electron chi connectivity index (χ4n) is 1.62. The summed E-state index contributed by atoms with van der Waals surface area (Å²) < 4.78 is 2.80. The Kier molecular flexibility index (Phi) is 2.99. The average molecular weight is 283 g/mol. The van der Waals surface area contributed by atoms with Gasteiger partial charge in [0.1, 0.15) is 0 Å². The predicted molar refractivity (Wildman–Crippen MR) is 67.4 cm³/mol. The summed E-state index contributed by atoms with van der Waals surface area (Å²) in [4.78, 5) is 4.53. The van der Waals surface area contributed by atoms with Crippen LogP contribution in [0.1, 0.15) is 26.1 Å². The van der Waals surface area contributed by atoms with E-state index >= 15 is 0 Å². The zero-order valence-electron chi connectivity index (χ0n) is 9.44. The minimum absolute atomic E-state index is 0.0761. The first-order valence-corrected chi connectivity index (χ1v) is 6.05. The van der Waals surface area contributed by atoms with Crippen LogP contribution in [0.5, 0.6) is 0 Å². The van der Waals surface area contributed by atoms with Crippen LogP contribution in [0, 0.1) is 0 Å². The molecule has 0 saturated heterocycles. The van der Waals surface area contributed by atoms with Crippen LogP contribution in [0.25, 0.3) is 5.65 Å². The lowest BCUT2D eigenvalue weighted by molar-refractivity contribution is 0.457. The lowest BCUT2D eigenvalue weighted by Crippen LogP contribution is -2.23. The average Bonchev–Trinajstić information content (AvgIpc) is 2.61. The minimum atomic E-state index is -0.0761. The Labute approximate surface area is 103 Å². The van der Waals surface area contributed by atoms with Crippen molar-refractivity contribution in [1.82, 2.24) is 14.6 Å². The van der Waals surface area contributed by atoms with Gasteiger partial charge < -0.3 is 5.73 Å². The minimum Gasteiger partial charge on any atom is -0.330 e. The number of nitrogens with two attached hydrogens (primary N) is 1. The Morgan fingerprint density at radius 2 is 2.25 bits per heavy atom. The molecule has 0 aromatic carbocycles. The number of rotatable bonds is 3. The zero-order valence-corrected chi connectivity index (χ0v) is 11.0. The highest BCUT2D eigenvalue weighted by Gasteiger charge is 2.24. The van der Waals surface area contributed by atoms with Crippen molar-refractivity contribution in [2.45, 2.75) is 25.7 Å². The van der Waals surface area contributed by atoms with E-state index in [-0.39, 0.29) is 5.41 Å². The third-order valence-electron chi connectivity index (χ3n) is 2.67. The van der Waals surface area contributed by atoms with Gasteiger partial charge in [-0.25, -0.2) is 9.50 Å². The molecule has 0 bridgehead atoms. The first kappa shape index (κ1) is 11.5. The smallest absolute Gasteiger partial charge is 0.157 e. The van der Waals surface area contributed by atoms with Crippen molar-refractivity contribution in [3.8, 4) is 0 Å². The highest BCUT2D eigenvalue weighted by atomic mass is 79.9. The molecule has 4 nitrogen and oxygen atoms in total. The molecule has 0 aliphatic rings. The summed E-state index contributed by atoms with van der Waals surface area (Å²) in [7, 11) is 0. The Morgan fingerprint density at radius 3 is 2.94 bits per heavy atom. The number of nitrogens with zero attached hydrogens (tertiary/aromatic N) is 3. The predicted octanol–water partition coefficient (Wildman–Crippen LogP) is 2.12. The third kappa shape index (κ3) is 2.10. The van der Waals surface area contributed by atoms with E-state index < -0.39 is 0 Å². The maximum atomic E-state index is 5.60. The highest BCUT2D eigenvalue weighted by molar-refractivity contribution is 9.10. The molecule has 5 heteroatoms. The third-order valence-corrected chi connectivity index (χ3v) is 3.17. The molecule has 0 radical (unpaired) electrons. The number of hydrogen-bond acceptors (Lipinski definition) is 3. The van der Waals surface area contributed by atoms with Crippen LogP contribution in [0.3, 0.4) is 0 Å². The maximum Gasteiger partial charge on any atom is 0.157 e. The van der Waals surface area contributed by atoms with Gasteiger partial charge in [0.15, 0.2) is 11.5 Å². The topological polar surface area (TPSA) is 56.2 Å². The van der Waals surface area contributed by atoms with E-state index in [1.54, 1.807) is 4.52 Å². The quantitative estimate of drug-likeness (QED) is 0.938. The Bertz CT molecular complexity index is 504. The van der Waals surface area contributed by atoms with Crippen LogP contribution in [0.4, 0.5) is 0 Å². The van der Waals surface area contributed by atoms with Crippen molar-refractivity contribution < 1.29 is 0 Å². The van der Waals surface area contributed by atoms with Gasteiger partial charge in [-0.05, 0) is 25.1 Å². The number of hydrogen-bond donors (Lipinski definition) is 1. The van der Waals surface area contributed by atoms with Gasteiger partial charge in [-0.2, -0.15) is 5.10 Å². The normalized spacial score (nSPS) is 12.2. The molecule has 0 aliphatic carbocycles. The van der Waals surface area contributed by atoms with Crippen LogP contribution in [-0.2, 0) is 5.41 Å². The second-order valence-corrected chi connectivity index (χ2v) is 5.42.